The molecular weight excluding hydrogens is 422 g/mol. The second-order valence-corrected chi connectivity index (χ2v) is 7.11. The minimum Gasteiger partial charge on any atom is -0.454 e. The molecule has 4 rings (SSSR count). The van der Waals surface area contributed by atoms with Crippen molar-refractivity contribution in [2.75, 3.05) is 16.8 Å². The SMILES string of the molecule is CCN1C(=O)c2cc(NC(=O)c3ccc([N+](=O)[O-])cc3Cl)ccc2Oc2ccccc21. The van der Waals surface area contributed by atoms with E-state index in [1.54, 1.807) is 23.1 Å². The van der Waals surface area contributed by atoms with E-state index in [4.69, 9.17) is 16.3 Å². The first-order valence-corrected chi connectivity index (χ1v) is 9.75. The molecule has 0 atom stereocenters. The van der Waals surface area contributed by atoms with E-state index in [0.717, 1.165) is 6.07 Å². The van der Waals surface area contributed by atoms with Crippen LogP contribution in [-0.2, 0) is 0 Å². The number of fused-ring (bicyclic) bond motifs is 2. The summed E-state index contributed by atoms with van der Waals surface area (Å²) >= 11 is 6.04. The molecule has 0 radical (unpaired) electrons. The smallest absolute Gasteiger partial charge is 0.270 e. The van der Waals surface area contributed by atoms with Crippen LogP contribution >= 0.6 is 11.6 Å². The summed E-state index contributed by atoms with van der Waals surface area (Å²) in [7, 11) is 0. The van der Waals surface area contributed by atoms with Crippen LogP contribution in [-0.4, -0.2) is 23.3 Å². The number of hydrogen-bond donors (Lipinski definition) is 1. The summed E-state index contributed by atoms with van der Waals surface area (Å²) in [5, 5.41) is 13.5. The Morgan fingerprint density at radius 3 is 2.61 bits per heavy atom. The van der Waals surface area contributed by atoms with E-state index in [0.29, 0.717) is 35.0 Å². The number of carbonyl (C=O) groups excluding carboxylic acids is 2. The van der Waals surface area contributed by atoms with Gasteiger partial charge in [0.1, 0.15) is 5.75 Å². The van der Waals surface area contributed by atoms with Gasteiger partial charge in [-0.25, -0.2) is 0 Å². The lowest BCUT2D eigenvalue weighted by Gasteiger charge is -2.19. The van der Waals surface area contributed by atoms with Gasteiger partial charge in [0.15, 0.2) is 5.75 Å². The third-order valence-electron chi connectivity index (χ3n) is 4.81. The number of non-ortho nitro benzene ring substituents is 1. The van der Waals surface area contributed by atoms with Crippen LogP contribution < -0.4 is 15.0 Å². The zero-order valence-corrected chi connectivity index (χ0v) is 17.1. The van der Waals surface area contributed by atoms with Crippen molar-refractivity contribution in [2.24, 2.45) is 0 Å². The first kappa shape index (κ1) is 20.4. The number of nitrogens with one attached hydrogen (secondary N) is 1. The second-order valence-electron chi connectivity index (χ2n) is 6.71. The van der Waals surface area contributed by atoms with Crippen LogP contribution in [0.15, 0.2) is 60.7 Å². The Hall–Kier alpha value is -3.91. The Morgan fingerprint density at radius 2 is 1.90 bits per heavy atom. The van der Waals surface area contributed by atoms with Crippen LogP contribution in [0.25, 0.3) is 0 Å². The summed E-state index contributed by atoms with van der Waals surface area (Å²) in [6, 6.07) is 15.6. The van der Waals surface area contributed by atoms with E-state index in [1.807, 2.05) is 25.1 Å². The van der Waals surface area contributed by atoms with Gasteiger partial charge in [-0.2, -0.15) is 0 Å². The lowest BCUT2D eigenvalue weighted by molar-refractivity contribution is -0.384. The van der Waals surface area contributed by atoms with Crippen molar-refractivity contribution in [1.29, 1.82) is 0 Å². The number of hydrogen-bond acceptors (Lipinski definition) is 5. The van der Waals surface area contributed by atoms with Gasteiger partial charge in [-0.1, -0.05) is 23.7 Å². The molecule has 0 saturated heterocycles. The van der Waals surface area contributed by atoms with E-state index in [2.05, 4.69) is 5.32 Å². The van der Waals surface area contributed by atoms with Gasteiger partial charge in [0.05, 0.1) is 26.8 Å². The predicted molar refractivity (Wildman–Crippen MR) is 116 cm³/mol. The number of carbonyl (C=O) groups is 2. The van der Waals surface area contributed by atoms with Crippen LogP contribution in [0.5, 0.6) is 11.5 Å². The molecule has 0 aromatic heterocycles. The number of nitrogens with zero attached hydrogens (tertiary/aromatic N) is 2. The van der Waals surface area contributed by atoms with E-state index < -0.39 is 10.8 Å². The Labute approximate surface area is 182 Å². The van der Waals surface area contributed by atoms with Gasteiger partial charge in [-0.3, -0.25) is 19.7 Å². The van der Waals surface area contributed by atoms with Crippen LogP contribution in [0.3, 0.4) is 0 Å². The molecule has 0 bridgehead atoms. The molecule has 3 aromatic carbocycles. The van der Waals surface area contributed by atoms with E-state index in [9.17, 15) is 19.7 Å². The third-order valence-corrected chi connectivity index (χ3v) is 5.13. The molecule has 31 heavy (non-hydrogen) atoms. The molecule has 1 aliphatic heterocycles. The third kappa shape index (κ3) is 3.80. The molecule has 0 unspecified atom stereocenters. The maximum absolute atomic E-state index is 13.1. The number of ether oxygens (including phenoxy) is 1. The van der Waals surface area contributed by atoms with Crippen molar-refractivity contribution in [1.82, 2.24) is 0 Å². The van der Waals surface area contributed by atoms with Crippen molar-refractivity contribution in [3.63, 3.8) is 0 Å². The van der Waals surface area contributed by atoms with Gasteiger partial charge in [-0.05, 0) is 43.3 Å². The number of benzene rings is 3. The fraction of sp³-hybridized carbons (Fsp3) is 0.0909. The highest BCUT2D eigenvalue weighted by Gasteiger charge is 2.27. The first-order valence-electron chi connectivity index (χ1n) is 9.37. The van der Waals surface area contributed by atoms with Crippen LogP contribution in [0, 0.1) is 10.1 Å². The number of anilines is 2. The van der Waals surface area contributed by atoms with E-state index in [1.165, 1.54) is 18.2 Å². The highest BCUT2D eigenvalue weighted by Crippen LogP contribution is 2.39. The zero-order valence-electron chi connectivity index (χ0n) is 16.3. The summed E-state index contributed by atoms with van der Waals surface area (Å²) in [5.41, 5.74) is 1.18. The quantitative estimate of drug-likeness (QED) is 0.442. The van der Waals surface area contributed by atoms with Gasteiger partial charge in [-0.15, -0.1) is 0 Å². The molecule has 0 spiro atoms. The summed E-state index contributed by atoms with van der Waals surface area (Å²) in [5.74, 6) is 0.120. The normalized spacial score (nSPS) is 12.3. The van der Waals surface area contributed by atoms with Crippen molar-refractivity contribution < 1.29 is 19.2 Å². The van der Waals surface area contributed by atoms with Gasteiger partial charge in [0, 0.05) is 24.4 Å². The Balaban J connectivity index is 1.65. The summed E-state index contributed by atoms with van der Waals surface area (Å²) in [6.07, 6.45) is 0. The zero-order chi connectivity index (χ0) is 22.1. The highest BCUT2D eigenvalue weighted by molar-refractivity contribution is 6.34. The maximum atomic E-state index is 13.1. The maximum Gasteiger partial charge on any atom is 0.270 e. The molecule has 156 valence electrons. The summed E-state index contributed by atoms with van der Waals surface area (Å²) in [6.45, 7) is 2.30. The second kappa shape index (κ2) is 8.08. The van der Waals surface area contributed by atoms with Crippen LogP contribution in [0.4, 0.5) is 17.1 Å². The summed E-state index contributed by atoms with van der Waals surface area (Å²) in [4.78, 5) is 37.6. The minimum atomic E-state index is -0.594. The lowest BCUT2D eigenvalue weighted by Crippen LogP contribution is -2.29. The van der Waals surface area contributed by atoms with Crippen LogP contribution in [0.2, 0.25) is 5.02 Å². The number of nitro groups is 1. The summed E-state index contributed by atoms with van der Waals surface area (Å²) < 4.78 is 5.94. The number of para-hydroxylation sites is 2. The molecule has 1 N–H and O–H groups in total. The van der Waals surface area contributed by atoms with Gasteiger partial charge < -0.3 is 15.0 Å². The Bertz CT molecular complexity index is 1230. The van der Waals surface area contributed by atoms with Crippen LogP contribution in [0.1, 0.15) is 27.6 Å². The van der Waals surface area contributed by atoms with Crippen molar-refractivity contribution in [3.8, 4) is 11.5 Å². The highest BCUT2D eigenvalue weighted by atomic mass is 35.5. The van der Waals surface area contributed by atoms with E-state index >= 15 is 0 Å². The topological polar surface area (TPSA) is 102 Å². The largest absolute Gasteiger partial charge is 0.454 e. The average Bonchev–Trinajstić information content (AvgIpc) is 2.87. The minimum absolute atomic E-state index is 0.0477. The first-order chi connectivity index (χ1) is 14.9. The fourth-order valence-corrected chi connectivity index (χ4v) is 3.58. The number of halogens is 1. The number of nitro benzene ring substituents is 1. The Kier molecular flexibility index (Phi) is 5.31. The molecule has 9 heteroatoms. The number of rotatable bonds is 4. The molecule has 1 aliphatic rings. The van der Waals surface area contributed by atoms with Crippen molar-refractivity contribution >= 4 is 40.5 Å². The molecule has 0 fully saturated rings. The van der Waals surface area contributed by atoms with Gasteiger partial charge >= 0.3 is 0 Å². The molecule has 2 amide bonds. The molecule has 3 aromatic rings. The lowest BCUT2D eigenvalue weighted by atomic mass is 10.1. The molecule has 0 saturated carbocycles. The average molecular weight is 438 g/mol. The Morgan fingerprint density at radius 1 is 1.13 bits per heavy atom. The standard InChI is InChI=1S/C22H16ClN3O5/c1-2-25-18-5-3-4-6-20(18)31-19-10-7-13(11-16(19)22(25)28)24-21(27)15-9-8-14(26(29)30)12-17(15)23/h3-12H,2H2,1H3,(H,24,27). The van der Waals surface area contributed by atoms with Gasteiger partial charge in [0.2, 0.25) is 0 Å². The molecule has 0 aliphatic carbocycles. The molecule has 1 heterocycles. The van der Waals surface area contributed by atoms with Crippen molar-refractivity contribution in [2.45, 2.75) is 6.92 Å². The molecular formula is C22H16ClN3O5. The number of amides is 2. The molecule has 8 nitrogen and oxygen atoms in total. The van der Waals surface area contributed by atoms with Gasteiger partial charge in [0.25, 0.3) is 17.5 Å². The van der Waals surface area contributed by atoms with E-state index in [-0.39, 0.29) is 22.2 Å². The predicted octanol–water partition coefficient (Wildman–Crippen LogP) is 5.27. The van der Waals surface area contributed by atoms with Crippen molar-refractivity contribution in [3.05, 3.63) is 86.9 Å². The monoisotopic (exact) mass is 437 g/mol. The fourth-order valence-electron chi connectivity index (χ4n) is 3.32.